The van der Waals surface area contributed by atoms with Crippen molar-refractivity contribution in [3.8, 4) is 0 Å². The van der Waals surface area contributed by atoms with E-state index in [1.807, 2.05) is 10.5 Å². The summed E-state index contributed by atoms with van der Waals surface area (Å²) in [7, 11) is 0. The Balaban J connectivity index is 2.92. The molecule has 0 spiro atoms. The molecule has 0 heterocycles. The van der Waals surface area contributed by atoms with Crippen LogP contribution in [0.5, 0.6) is 0 Å². The number of rotatable bonds is 1. The fourth-order valence-electron chi connectivity index (χ4n) is 0.0454. The van der Waals surface area contributed by atoms with Gasteiger partial charge in [-0.1, -0.05) is 0 Å². The van der Waals surface area contributed by atoms with Gasteiger partial charge < -0.3 is 0 Å². The molecule has 0 aromatic rings. The van der Waals surface area contributed by atoms with E-state index in [1.54, 1.807) is 0 Å². The third kappa shape index (κ3) is 4.10. The quantitative estimate of drug-likeness (QED) is 0.674. The topological polar surface area (TPSA) is 26.0 Å². The van der Waals surface area contributed by atoms with Gasteiger partial charge in [0.1, 0.15) is 0 Å². The Bertz CT molecular complexity index is 48.9. The van der Waals surface area contributed by atoms with Crippen LogP contribution in [0.3, 0.4) is 0 Å². The molecule has 5 heavy (non-hydrogen) atoms. The van der Waals surface area contributed by atoms with Crippen LogP contribution in [0, 0.1) is 0 Å². The zero-order chi connectivity index (χ0) is 4.12. The van der Waals surface area contributed by atoms with Gasteiger partial charge in [-0.3, -0.25) is 0 Å². The first-order valence-electron chi connectivity index (χ1n) is 1.24. The predicted molar refractivity (Wildman–Crippen MR) is 19.4 cm³/mol. The molecule has 1 nitrogen and oxygen atoms in total. The van der Waals surface area contributed by atoms with E-state index in [2.05, 4.69) is 0 Å². The summed E-state index contributed by atoms with van der Waals surface area (Å²) in [5.41, 5.74) is 4.94. The molecule has 0 amide bonds. The van der Waals surface area contributed by atoms with E-state index < -0.39 is 0 Å². The van der Waals surface area contributed by atoms with E-state index in [4.69, 9.17) is 5.73 Å². The van der Waals surface area contributed by atoms with Crippen molar-refractivity contribution in [1.29, 1.82) is 0 Å². The van der Waals surface area contributed by atoms with Crippen LogP contribution in [0.25, 0.3) is 0 Å². The number of nitrogens with two attached hydrogens (primary N) is 1. The van der Waals surface area contributed by atoms with Gasteiger partial charge >= 0.3 is 41.8 Å². The zero-order valence-corrected chi connectivity index (χ0v) is 5.65. The summed E-state index contributed by atoms with van der Waals surface area (Å²) in [6.07, 6.45) is 3.34. The molecule has 0 saturated carbocycles. The van der Waals surface area contributed by atoms with Gasteiger partial charge in [-0.2, -0.15) is 0 Å². The van der Waals surface area contributed by atoms with E-state index in [0.29, 0.717) is 0 Å². The number of hydrogen-bond donors (Lipinski definition) is 1. The van der Waals surface area contributed by atoms with Gasteiger partial charge in [0.05, 0.1) is 0 Å². The summed E-state index contributed by atoms with van der Waals surface area (Å²) in [5, 5.41) is 0. The van der Waals surface area contributed by atoms with Gasteiger partial charge in [-0.15, -0.1) is 0 Å². The van der Waals surface area contributed by atoms with Crippen molar-refractivity contribution in [2.45, 2.75) is 0 Å². The minimum atomic E-state index is 1.43. The average Bonchev–Trinajstić information content (AvgIpc) is 1.41. The fraction of sp³-hybridized carbons (Fsp3) is 0. The first kappa shape index (κ1) is 5.10. The zero-order valence-electron chi connectivity index (χ0n) is 2.72. The van der Waals surface area contributed by atoms with Crippen molar-refractivity contribution in [2.75, 3.05) is 0 Å². The molecule has 0 aliphatic rings. The second-order valence-corrected chi connectivity index (χ2v) is 1.50. The molecule has 0 bridgehead atoms. The maximum atomic E-state index is 4.94. The number of hydrogen-bond acceptors (Lipinski definition) is 1. The van der Waals surface area contributed by atoms with Gasteiger partial charge in [0.25, 0.3) is 0 Å². The van der Waals surface area contributed by atoms with E-state index in [1.165, 1.54) is 25.6 Å². The first-order chi connectivity index (χ1) is 2.41. The molecule has 0 aromatic carbocycles. The molecule has 0 saturated heterocycles. The van der Waals surface area contributed by atoms with Crippen LogP contribution in [-0.2, 0) is 19.4 Å². The standard InChI is InChI=1S/C3H5N.W/c1-2-3-4;/h1-3H,4H2;. The fourth-order valence-corrected chi connectivity index (χ4v) is 0.371. The molecular formula is C3H5NW. The van der Waals surface area contributed by atoms with Gasteiger partial charge in [0.15, 0.2) is 0 Å². The maximum absolute atomic E-state index is 4.94. The van der Waals surface area contributed by atoms with Crippen molar-refractivity contribution >= 4 is 4.40 Å². The molecule has 0 atom stereocenters. The molecule has 28 valence electrons. The van der Waals surface area contributed by atoms with Crippen molar-refractivity contribution in [1.82, 2.24) is 0 Å². The SMILES string of the molecule is NC=C[CH]=[W]. The van der Waals surface area contributed by atoms with Crippen LogP contribution in [0.15, 0.2) is 12.3 Å². The summed E-state index contributed by atoms with van der Waals surface area (Å²) < 4.78 is 1.96. The summed E-state index contributed by atoms with van der Waals surface area (Å²) >= 11 is 1.43. The normalized spacial score (nSPS) is 8.80. The second kappa shape index (κ2) is 4.10. The van der Waals surface area contributed by atoms with Gasteiger partial charge in [0.2, 0.25) is 0 Å². The Hall–Kier alpha value is 0.0983. The van der Waals surface area contributed by atoms with Gasteiger partial charge in [0, 0.05) is 0 Å². The molecule has 0 unspecified atom stereocenters. The molecule has 0 aromatic heterocycles. The van der Waals surface area contributed by atoms with E-state index in [0.717, 1.165) is 0 Å². The molecular weight excluding hydrogens is 234 g/mol. The second-order valence-electron chi connectivity index (χ2n) is 0.521. The Labute approximate surface area is 42.3 Å². The summed E-state index contributed by atoms with van der Waals surface area (Å²) in [5.74, 6) is 0. The van der Waals surface area contributed by atoms with E-state index in [9.17, 15) is 0 Å². The van der Waals surface area contributed by atoms with Crippen LogP contribution < -0.4 is 5.73 Å². The van der Waals surface area contributed by atoms with Crippen molar-refractivity contribution in [3.05, 3.63) is 12.3 Å². The van der Waals surface area contributed by atoms with E-state index >= 15 is 0 Å². The molecule has 0 rings (SSSR count). The van der Waals surface area contributed by atoms with Crippen molar-refractivity contribution in [2.24, 2.45) is 5.73 Å². The minimum absolute atomic E-state index is 1.43. The molecule has 0 aliphatic carbocycles. The molecule has 2 heteroatoms. The third-order valence-corrected chi connectivity index (χ3v) is 0.754. The summed E-state index contributed by atoms with van der Waals surface area (Å²) in [4.78, 5) is 0. The van der Waals surface area contributed by atoms with Crippen LogP contribution in [-0.4, -0.2) is 4.40 Å². The molecule has 2 N–H and O–H groups in total. The predicted octanol–water partition coefficient (Wildman–Crippen LogP) is -0.192. The van der Waals surface area contributed by atoms with Gasteiger partial charge in [-0.05, 0) is 0 Å². The Morgan fingerprint density at radius 1 is 1.60 bits per heavy atom. The van der Waals surface area contributed by atoms with Crippen molar-refractivity contribution < 1.29 is 19.4 Å². The van der Waals surface area contributed by atoms with Crippen LogP contribution in [0.2, 0.25) is 0 Å². The van der Waals surface area contributed by atoms with Crippen LogP contribution in [0.4, 0.5) is 0 Å². The third-order valence-electron chi connectivity index (χ3n) is 0.190. The van der Waals surface area contributed by atoms with E-state index in [-0.39, 0.29) is 0 Å². The summed E-state index contributed by atoms with van der Waals surface area (Å²) in [6, 6.07) is 0. The summed E-state index contributed by atoms with van der Waals surface area (Å²) in [6.45, 7) is 0. The average molecular weight is 239 g/mol. The van der Waals surface area contributed by atoms with Gasteiger partial charge in [-0.25, -0.2) is 0 Å². The Kier molecular flexibility index (Phi) is 4.18. The first-order valence-corrected chi connectivity index (χ1v) is 2.93. The van der Waals surface area contributed by atoms with Crippen LogP contribution in [0.1, 0.15) is 0 Å². The van der Waals surface area contributed by atoms with Crippen LogP contribution >= 0.6 is 0 Å². The molecule has 0 fully saturated rings. The Morgan fingerprint density at radius 3 is 2.20 bits per heavy atom. The Morgan fingerprint density at radius 2 is 2.20 bits per heavy atom. The molecule has 0 radical (unpaired) electrons. The van der Waals surface area contributed by atoms with Crippen molar-refractivity contribution in [3.63, 3.8) is 0 Å². The monoisotopic (exact) mass is 239 g/mol. The molecule has 0 aliphatic heterocycles. The number of allylic oxidation sites excluding steroid dienone is 1.